The number of aromatic nitrogens is 3. The van der Waals surface area contributed by atoms with E-state index in [2.05, 4.69) is 21.0 Å². The van der Waals surface area contributed by atoms with Crippen LogP contribution < -0.4 is 5.56 Å². The fraction of sp³-hybridized carbons (Fsp3) is 0.333. The first kappa shape index (κ1) is 10.4. The predicted molar refractivity (Wildman–Crippen MR) is 58.3 cm³/mol. The van der Waals surface area contributed by atoms with Crippen molar-refractivity contribution in [3.05, 3.63) is 27.0 Å². The highest BCUT2D eigenvalue weighted by atomic mass is 79.9. The molecule has 0 aliphatic rings. The van der Waals surface area contributed by atoms with E-state index < -0.39 is 5.82 Å². The van der Waals surface area contributed by atoms with E-state index in [1.54, 1.807) is 14.0 Å². The summed E-state index contributed by atoms with van der Waals surface area (Å²) in [5, 5.41) is 4.22. The summed E-state index contributed by atoms with van der Waals surface area (Å²) >= 11 is 3.19. The van der Waals surface area contributed by atoms with E-state index in [0.29, 0.717) is 11.1 Å². The molecule has 15 heavy (non-hydrogen) atoms. The molecule has 2 aromatic heterocycles. The molecule has 0 aliphatic carbocycles. The van der Waals surface area contributed by atoms with Gasteiger partial charge in [0.2, 0.25) is 0 Å². The van der Waals surface area contributed by atoms with Crippen molar-refractivity contribution in [2.75, 3.05) is 0 Å². The first-order valence-corrected chi connectivity index (χ1v) is 5.26. The average Bonchev–Trinajstić information content (AvgIpc) is 2.50. The Hall–Kier alpha value is -1.17. The highest BCUT2D eigenvalue weighted by molar-refractivity contribution is 9.10. The van der Waals surface area contributed by atoms with Gasteiger partial charge in [0.15, 0.2) is 11.3 Å². The lowest BCUT2D eigenvalue weighted by Gasteiger charge is -2.01. The third-order valence-corrected chi connectivity index (χ3v) is 3.20. The second-order valence-corrected chi connectivity index (χ2v) is 3.96. The second-order valence-electron chi connectivity index (χ2n) is 3.21. The van der Waals surface area contributed by atoms with Crippen LogP contribution >= 0.6 is 15.9 Å². The number of rotatable bonds is 1. The lowest BCUT2D eigenvalue weighted by atomic mass is 10.3. The van der Waals surface area contributed by atoms with Gasteiger partial charge in [-0.15, -0.1) is 0 Å². The molecule has 2 aromatic rings. The number of fused-ring (bicyclic) bond motifs is 1. The summed E-state index contributed by atoms with van der Waals surface area (Å²) in [6.07, 6.45) is 1.21. The van der Waals surface area contributed by atoms with Crippen molar-refractivity contribution in [3.63, 3.8) is 0 Å². The van der Waals surface area contributed by atoms with Crippen molar-refractivity contribution in [3.8, 4) is 0 Å². The lowest BCUT2D eigenvalue weighted by molar-refractivity contribution is 0.604. The quantitative estimate of drug-likeness (QED) is 0.793. The zero-order chi connectivity index (χ0) is 11.2. The highest BCUT2D eigenvalue weighted by Crippen LogP contribution is 2.23. The summed E-state index contributed by atoms with van der Waals surface area (Å²) in [6, 6.07) is 0. The number of hydrogen-bond donors (Lipinski definition) is 0. The number of halogens is 2. The molecule has 6 heteroatoms. The molecule has 2 heterocycles. The van der Waals surface area contributed by atoms with Crippen LogP contribution in [0, 0.1) is 5.82 Å². The van der Waals surface area contributed by atoms with Crippen molar-refractivity contribution in [1.29, 1.82) is 0 Å². The monoisotopic (exact) mass is 273 g/mol. The molecular formula is C9H9BrFN3O. The fourth-order valence-electron chi connectivity index (χ4n) is 1.50. The molecule has 0 bridgehead atoms. The third-order valence-electron chi connectivity index (χ3n) is 2.29. The minimum Gasteiger partial charge on any atom is -0.311 e. The van der Waals surface area contributed by atoms with Gasteiger partial charge in [0.25, 0.3) is 5.56 Å². The highest BCUT2D eigenvalue weighted by Gasteiger charge is 2.15. The summed E-state index contributed by atoms with van der Waals surface area (Å²) in [6.45, 7) is 2.21. The Balaban J connectivity index is 3.00. The van der Waals surface area contributed by atoms with Gasteiger partial charge in [-0.1, -0.05) is 0 Å². The topological polar surface area (TPSA) is 39.8 Å². The van der Waals surface area contributed by atoms with Crippen LogP contribution in [-0.2, 0) is 13.6 Å². The van der Waals surface area contributed by atoms with Gasteiger partial charge in [-0.25, -0.2) is 4.39 Å². The molecule has 0 amide bonds. The summed E-state index contributed by atoms with van der Waals surface area (Å²) in [5.74, 6) is -0.438. The average molecular weight is 274 g/mol. The van der Waals surface area contributed by atoms with Crippen LogP contribution in [0.3, 0.4) is 0 Å². The first-order chi connectivity index (χ1) is 7.06. The van der Waals surface area contributed by atoms with Crippen molar-refractivity contribution in [2.45, 2.75) is 13.5 Å². The Morgan fingerprint density at radius 2 is 2.27 bits per heavy atom. The van der Waals surface area contributed by atoms with Crippen LogP contribution in [0.1, 0.15) is 6.92 Å². The summed E-state index contributed by atoms with van der Waals surface area (Å²) in [5.41, 5.74) is -0.110. The largest absolute Gasteiger partial charge is 0.311 e. The Bertz CT molecular complexity index is 587. The van der Waals surface area contributed by atoms with Gasteiger partial charge < -0.3 is 4.57 Å². The Morgan fingerprint density at radius 1 is 1.60 bits per heavy atom. The molecule has 80 valence electrons. The molecule has 0 spiro atoms. The number of nitrogens with zero attached hydrogens (tertiary/aromatic N) is 3. The van der Waals surface area contributed by atoms with Crippen LogP contribution in [0.15, 0.2) is 15.6 Å². The minimum atomic E-state index is -0.438. The molecular weight excluding hydrogens is 265 g/mol. The zero-order valence-corrected chi connectivity index (χ0v) is 9.88. The summed E-state index contributed by atoms with van der Waals surface area (Å²) in [4.78, 5) is 11.8. The molecule has 0 radical (unpaired) electrons. The van der Waals surface area contributed by atoms with Crippen molar-refractivity contribution >= 4 is 26.8 Å². The van der Waals surface area contributed by atoms with Gasteiger partial charge in [0.05, 0.1) is 5.39 Å². The van der Waals surface area contributed by atoms with Gasteiger partial charge in [-0.05, 0) is 22.9 Å². The Labute approximate surface area is 93.4 Å². The van der Waals surface area contributed by atoms with Gasteiger partial charge in [0.1, 0.15) is 4.60 Å². The molecule has 0 atom stereocenters. The van der Waals surface area contributed by atoms with E-state index in [1.165, 1.54) is 15.4 Å². The zero-order valence-electron chi connectivity index (χ0n) is 8.29. The summed E-state index contributed by atoms with van der Waals surface area (Å²) in [7, 11) is 1.65. The maximum atomic E-state index is 13.6. The third kappa shape index (κ3) is 1.40. The van der Waals surface area contributed by atoms with Crippen LogP contribution in [0.25, 0.3) is 10.9 Å². The Kier molecular flexibility index (Phi) is 2.38. The van der Waals surface area contributed by atoms with Gasteiger partial charge in [-0.2, -0.15) is 5.10 Å². The van der Waals surface area contributed by atoms with E-state index in [9.17, 15) is 9.18 Å². The van der Waals surface area contributed by atoms with Crippen LogP contribution in [0.4, 0.5) is 4.39 Å². The molecule has 4 nitrogen and oxygen atoms in total. The smallest absolute Gasteiger partial charge is 0.279 e. The van der Waals surface area contributed by atoms with E-state index >= 15 is 0 Å². The standard InChI is InChI=1S/C9H9BrFN3O/c1-3-14-4-5(11)6-7(9(14)15)12-13(2)8(6)10/h4H,3H2,1-2H3. The summed E-state index contributed by atoms with van der Waals surface area (Å²) < 4.78 is 16.9. The molecule has 0 N–H and O–H groups in total. The van der Waals surface area contributed by atoms with Crippen molar-refractivity contribution in [1.82, 2.24) is 14.3 Å². The number of aryl methyl sites for hydroxylation is 2. The van der Waals surface area contributed by atoms with Gasteiger partial charge >= 0.3 is 0 Å². The van der Waals surface area contributed by atoms with Gasteiger partial charge in [-0.3, -0.25) is 9.48 Å². The van der Waals surface area contributed by atoms with E-state index in [0.717, 1.165) is 0 Å². The lowest BCUT2D eigenvalue weighted by Crippen LogP contribution is -2.19. The SMILES string of the molecule is CCn1cc(F)c2c(Br)n(C)nc2c1=O. The number of hydrogen-bond acceptors (Lipinski definition) is 2. The van der Waals surface area contributed by atoms with E-state index in [4.69, 9.17) is 0 Å². The predicted octanol–water partition coefficient (Wildman–Crippen LogP) is 1.66. The van der Waals surface area contributed by atoms with Crippen LogP contribution in [0.5, 0.6) is 0 Å². The van der Waals surface area contributed by atoms with E-state index in [-0.39, 0.29) is 16.5 Å². The molecule has 0 aliphatic heterocycles. The maximum Gasteiger partial charge on any atom is 0.279 e. The first-order valence-electron chi connectivity index (χ1n) is 4.47. The molecule has 0 saturated carbocycles. The molecule has 0 saturated heterocycles. The molecule has 0 unspecified atom stereocenters. The molecule has 0 aromatic carbocycles. The second kappa shape index (κ2) is 3.44. The van der Waals surface area contributed by atoms with Crippen molar-refractivity contribution in [2.24, 2.45) is 7.05 Å². The number of pyridine rings is 1. The Morgan fingerprint density at radius 3 is 2.87 bits per heavy atom. The van der Waals surface area contributed by atoms with Crippen LogP contribution in [0.2, 0.25) is 0 Å². The maximum absolute atomic E-state index is 13.6. The van der Waals surface area contributed by atoms with E-state index in [1.807, 2.05) is 0 Å². The van der Waals surface area contributed by atoms with Crippen molar-refractivity contribution < 1.29 is 4.39 Å². The van der Waals surface area contributed by atoms with Crippen LogP contribution in [-0.4, -0.2) is 14.3 Å². The minimum absolute atomic E-state index is 0.159. The normalized spacial score (nSPS) is 11.2. The fourth-order valence-corrected chi connectivity index (χ4v) is 1.95. The molecule has 0 fully saturated rings. The molecule has 2 rings (SSSR count). The van der Waals surface area contributed by atoms with Gasteiger partial charge in [0, 0.05) is 19.8 Å².